The Morgan fingerprint density at radius 3 is 2.88 bits per heavy atom. The Labute approximate surface area is 99.7 Å². The van der Waals surface area contributed by atoms with E-state index in [1.807, 2.05) is 22.7 Å². The summed E-state index contributed by atoms with van der Waals surface area (Å²) in [5.41, 5.74) is 1.91. The van der Waals surface area contributed by atoms with Gasteiger partial charge in [-0.2, -0.15) is 0 Å². The second-order valence-corrected chi connectivity index (χ2v) is 4.83. The maximum Gasteiger partial charge on any atom is 0.160 e. The first-order chi connectivity index (χ1) is 8.24. The smallest absolute Gasteiger partial charge is 0.160 e. The van der Waals surface area contributed by atoms with E-state index in [9.17, 15) is 4.79 Å². The minimum absolute atomic E-state index is 0.183. The van der Waals surface area contributed by atoms with E-state index < -0.39 is 0 Å². The number of aromatic nitrogens is 3. The van der Waals surface area contributed by atoms with Crippen LogP contribution in [0.5, 0.6) is 0 Å². The van der Waals surface area contributed by atoms with Crippen molar-refractivity contribution in [2.45, 2.75) is 38.5 Å². The molecule has 0 unspecified atom stereocenters. The third-order valence-electron chi connectivity index (χ3n) is 3.41. The molecule has 4 nitrogen and oxygen atoms in total. The molecule has 1 fully saturated rings. The quantitative estimate of drug-likeness (QED) is 0.810. The highest BCUT2D eigenvalue weighted by atomic mass is 16.1. The molecule has 17 heavy (non-hydrogen) atoms. The van der Waals surface area contributed by atoms with Crippen molar-refractivity contribution in [2.24, 2.45) is 0 Å². The average Bonchev–Trinajstić information content (AvgIpc) is 2.58. The largest absolute Gasteiger partial charge is 0.300 e. The van der Waals surface area contributed by atoms with Crippen molar-refractivity contribution in [1.29, 1.82) is 0 Å². The van der Waals surface area contributed by atoms with Gasteiger partial charge in [0.25, 0.3) is 0 Å². The van der Waals surface area contributed by atoms with Gasteiger partial charge in [0.15, 0.2) is 5.65 Å². The molecule has 2 heterocycles. The van der Waals surface area contributed by atoms with E-state index in [2.05, 4.69) is 10.2 Å². The van der Waals surface area contributed by atoms with E-state index in [0.717, 1.165) is 17.0 Å². The molecule has 4 heteroatoms. The van der Waals surface area contributed by atoms with Crippen LogP contribution in [-0.2, 0) is 11.2 Å². The van der Waals surface area contributed by atoms with Gasteiger partial charge in [0, 0.05) is 18.5 Å². The molecule has 1 aliphatic rings. The zero-order valence-corrected chi connectivity index (χ0v) is 9.89. The molecular formula is C13H15N3O. The van der Waals surface area contributed by atoms with Crippen molar-refractivity contribution >= 4 is 11.4 Å². The van der Waals surface area contributed by atoms with Gasteiger partial charge in [-0.25, -0.2) is 0 Å². The highest BCUT2D eigenvalue weighted by Gasteiger charge is 2.24. The lowest BCUT2D eigenvalue weighted by atomic mass is 9.85. The molecule has 88 valence electrons. The number of pyridine rings is 1. The molecule has 1 saturated carbocycles. The minimum Gasteiger partial charge on any atom is -0.300 e. The Morgan fingerprint density at radius 1 is 1.41 bits per heavy atom. The van der Waals surface area contributed by atoms with Gasteiger partial charge in [-0.15, -0.1) is 10.2 Å². The normalized spacial score (nSPS) is 16.1. The van der Waals surface area contributed by atoms with E-state index in [1.165, 1.54) is 19.3 Å². The summed E-state index contributed by atoms with van der Waals surface area (Å²) in [5, 5.41) is 8.44. The standard InChI is InChI=1S/C13H15N3O/c1-9(17)7-10-5-6-12-14-15-13(16(12)8-10)11-3-2-4-11/h5-6,8,11H,2-4,7H2,1H3. The first kappa shape index (κ1) is 10.4. The Bertz CT molecular complexity index is 569. The minimum atomic E-state index is 0.183. The molecule has 1 aliphatic carbocycles. The van der Waals surface area contributed by atoms with Crippen molar-refractivity contribution in [3.8, 4) is 0 Å². The summed E-state index contributed by atoms with van der Waals surface area (Å²) in [4.78, 5) is 11.1. The summed E-state index contributed by atoms with van der Waals surface area (Å²) >= 11 is 0. The van der Waals surface area contributed by atoms with Crippen LogP contribution in [0.1, 0.15) is 43.5 Å². The van der Waals surface area contributed by atoms with Gasteiger partial charge in [0.2, 0.25) is 0 Å². The molecule has 0 aromatic carbocycles. The van der Waals surface area contributed by atoms with Gasteiger partial charge >= 0.3 is 0 Å². The van der Waals surface area contributed by atoms with Crippen LogP contribution in [0.15, 0.2) is 18.3 Å². The van der Waals surface area contributed by atoms with Crippen LogP contribution < -0.4 is 0 Å². The monoisotopic (exact) mass is 229 g/mol. The predicted molar refractivity (Wildman–Crippen MR) is 64.0 cm³/mol. The maximum atomic E-state index is 11.1. The number of rotatable bonds is 3. The van der Waals surface area contributed by atoms with Crippen LogP contribution in [0.4, 0.5) is 0 Å². The Kier molecular flexibility index (Phi) is 2.42. The van der Waals surface area contributed by atoms with Crippen LogP contribution >= 0.6 is 0 Å². The third-order valence-corrected chi connectivity index (χ3v) is 3.41. The van der Waals surface area contributed by atoms with Gasteiger partial charge < -0.3 is 0 Å². The highest BCUT2D eigenvalue weighted by molar-refractivity contribution is 5.78. The lowest BCUT2D eigenvalue weighted by molar-refractivity contribution is -0.116. The van der Waals surface area contributed by atoms with Crippen molar-refractivity contribution in [3.05, 3.63) is 29.7 Å². The summed E-state index contributed by atoms with van der Waals surface area (Å²) in [6.07, 6.45) is 6.19. The van der Waals surface area contributed by atoms with E-state index in [4.69, 9.17) is 0 Å². The number of ketones is 1. The summed E-state index contributed by atoms with van der Waals surface area (Å²) in [7, 11) is 0. The first-order valence-corrected chi connectivity index (χ1v) is 6.07. The first-order valence-electron chi connectivity index (χ1n) is 6.07. The molecule has 0 bridgehead atoms. The fourth-order valence-corrected chi connectivity index (χ4v) is 2.29. The number of Topliss-reactive ketones (excluding diaryl/α,β-unsaturated/α-hetero) is 1. The Hall–Kier alpha value is -1.71. The second-order valence-electron chi connectivity index (χ2n) is 4.83. The number of nitrogens with zero attached hydrogens (tertiary/aromatic N) is 3. The molecule has 0 atom stereocenters. The van der Waals surface area contributed by atoms with Crippen molar-refractivity contribution in [1.82, 2.24) is 14.6 Å². The van der Waals surface area contributed by atoms with Gasteiger partial charge in [0.05, 0.1) is 0 Å². The zero-order chi connectivity index (χ0) is 11.8. The second kappa shape index (κ2) is 3.95. The van der Waals surface area contributed by atoms with Crippen molar-refractivity contribution in [2.75, 3.05) is 0 Å². The van der Waals surface area contributed by atoms with E-state index in [0.29, 0.717) is 12.3 Å². The summed E-state index contributed by atoms with van der Waals surface area (Å²) < 4.78 is 2.04. The molecule has 0 radical (unpaired) electrons. The van der Waals surface area contributed by atoms with Crippen molar-refractivity contribution < 1.29 is 4.79 Å². The lowest BCUT2D eigenvalue weighted by Crippen LogP contribution is -2.12. The SMILES string of the molecule is CC(=O)Cc1ccc2nnc(C3CCC3)n2c1. The van der Waals surface area contributed by atoms with E-state index in [-0.39, 0.29) is 5.78 Å². The third kappa shape index (κ3) is 1.84. The predicted octanol–water partition coefficient (Wildman–Crippen LogP) is 2.13. The highest BCUT2D eigenvalue weighted by Crippen LogP contribution is 2.35. The zero-order valence-electron chi connectivity index (χ0n) is 9.89. The fraction of sp³-hybridized carbons (Fsp3) is 0.462. The maximum absolute atomic E-state index is 11.1. The number of carbonyl (C=O) groups excluding carboxylic acids is 1. The van der Waals surface area contributed by atoms with Crippen LogP contribution in [0.25, 0.3) is 5.65 Å². The molecule has 0 N–H and O–H groups in total. The van der Waals surface area contributed by atoms with Crippen molar-refractivity contribution in [3.63, 3.8) is 0 Å². The van der Waals surface area contributed by atoms with Crippen LogP contribution in [0, 0.1) is 0 Å². The molecule has 0 aliphatic heterocycles. The molecule has 0 saturated heterocycles. The molecule has 3 rings (SSSR count). The van der Waals surface area contributed by atoms with Gasteiger partial charge in [0.1, 0.15) is 11.6 Å². The van der Waals surface area contributed by atoms with Crippen LogP contribution in [-0.4, -0.2) is 20.4 Å². The average molecular weight is 229 g/mol. The topological polar surface area (TPSA) is 47.3 Å². The molecular weight excluding hydrogens is 214 g/mol. The van der Waals surface area contributed by atoms with Gasteiger partial charge in [-0.3, -0.25) is 9.20 Å². The number of carbonyl (C=O) groups is 1. The van der Waals surface area contributed by atoms with Crippen LogP contribution in [0.3, 0.4) is 0 Å². The Balaban J connectivity index is 2.02. The summed E-state index contributed by atoms with van der Waals surface area (Å²) in [6, 6.07) is 3.89. The molecule has 2 aromatic heterocycles. The molecule has 0 spiro atoms. The molecule has 2 aromatic rings. The summed E-state index contributed by atoms with van der Waals surface area (Å²) in [5.74, 6) is 1.79. The van der Waals surface area contributed by atoms with Gasteiger partial charge in [-0.05, 0) is 31.4 Å². The lowest BCUT2D eigenvalue weighted by Gasteiger charge is -2.23. The number of fused-ring (bicyclic) bond motifs is 1. The number of hydrogen-bond acceptors (Lipinski definition) is 3. The van der Waals surface area contributed by atoms with E-state index in [1.54, 1.807) is 6.92 Å². The van der Waals surface area contributed by atoms with Gasteiger partial charge in [-0.1, -0.05) is 12.5 Å². The summed E-state index contributed by atoms with van der Waals surface area (Å²) in [6.45, 7) is 1.61. The number of hydrogen-bond donors (Lipinski definition) is 0. The van der Waals surface area contributed by atoms with Crippen LogP contribution in [0.2, 0.25) is 0 Å². The molecule has 0 amide bonds. The fourth-order valence-electron chi connectivity index (χ4n) is 2.29. The van der Waals surface area contributed by atoms with E-state index >= 15 is 0 Å². The Morgan fingerprint density at radius 2 is 2.24 bits per heavy atom.